The Morgan fingerprint density at radius 1 is 1.08 bits per heavy atom. The Morgan fingerprint density at radius 2 is 1.81 bits per heavy atom. The number of hydrogen-bond donors (Lipinski definition) is 2. The van der Waals surface area contributed by atoms with E-state index in [2.05, 4.69) is 65.3 Å². The summed E-state index contributed by atoms with van der Waals surface area (Å²) < 4.78 is 0. The lowest BCUT2D eigenvalue weighted by molar-refractivity contribution is -0.136. The first kappa shape index (κ1) is 24.7. The van der Waals surface area contributed by atoms with Gasteiger partial charge in [-0.15, -0.1) is 0 Å². The fourth-order valence-corrected chi connectivity index (χ4v) is 7.86. The molecule has 1 amide bonds. The van der Waals surface area contributed by atoms with Gasteiger partial charge in [-0.1, -0.05) is 18.2 Å². The number of hydrogen-bond acceptors (Lipinski definition) is 6. The van der Waals surface area contributed by atoms with Crippen LogP contribution in [0, 0.1) is 17.8 Å². The Bertz CT molecular complexity index is 1120. The maximum Gasteiger partial charge on any atom is 0.270 e. The first-order valence-corrected chi connectivity index (χ1v) is 14.0. The van der Waals surface area contributed by atoms with Gasteiger partial charge in [-0.2, -0.15) is 0 Å². The number of anilines is 2. The van der Waals surface area contributed by atoms with Gasteiger partial charge in [0, 0.05) is 44.0 Å². The zero-order valence-electron chi connectivity index (χ0n) is 22.4. The van der Waals surface area contributed by atoms with Crippen molar-refractivity contribution in [1.82, 2.24) is 15.2 Å². The monoisotopic (exact) mass is 503 g/mol. The van der Waals surface area contributed by atoms with Crippen LogP contribution in [-0.4, -0.2) is 72.3 Å². The number of aromatic nitrogens is 1. The van der Waals surface area contributed by atoms with Gasteiger partial charge in [0.2, 0.25) is 0 Å². The van der Waals surface area contributed by atoms with Gasteiger partial charge in [0.05, 0.1) is 5.60 Å². The van der Waals surface area contributed by atoms with Crippen molar-refractivity contribution in [2.24, 2.45) is 17.8 Å². The zero-order chi connectivity index (χ0) is 25.7. The third kappa shape index (κ3) is 4.96. The highest BCUT2D eigenvalue weighted by Crippen LogP contribution is 2.55. The molecule has 7 heteroatoms. The summed E-state index contributed by atoms with van der Waals surface area (Å²) in [5.41, 5.74) is 2.60. The summed E-state index contributed by atoms with van der Waals surface area (Å²) in [6.45, 7) is 5.89. The Morgan fingerprint density at radius 3 is 2.46 bits per heavy atom. The normalized spacial score (nSPS) is 32.7. The summed E-state index contributed by atoms with van der Waals surface area (Å²) in [4.78, 5) is 25.1. The minimum atomic E-state index is -0.484. The third-order valence-corrected chi connectivity index (χ3v) is 9.23. The minimum Gasteiger partial charge on any atom is -0.390 e. The van der Waals surface area contributed by atoms with Crippen molar-refractivity contribution in [2.75, 3.05) is 43.5 Å². The van der Waals surface area contributed by atoms with Crippen LogP contribution in [-0.2, 0) is 6.54 Å². The molecule has 2 aromatic rings. The van der Waals surface area contributed by atoms with E-state index in [0.29, 0.717) is 23.4 Å². The Hall–Kier alpha value is -2.64. The van der Waals surface area contributed by atoms with Crippen LogP contribution in [0.3, 0.4) is 0 Å². The summed E-state index contributed by atoms with van der Waals surface area (Å²) in [6.07, 6.45) is 4.89. The molecule has 198 valence electrons. The van der Waals surface area contributed by atoms with Crippen LogP contribution in [0.25, 0.3) is 0 Å². The van der Waals surface area contributed by atoms with Gasteiger partial charge in [0.15, 0.2) is 0 Å². The SMILES string of the molecule is CC1CN(c2ccc(CN(C)C)cc2)CCN1c1cccc(C(=O)NC2C3CC4CC2CC(O)(C4)C3)n1. The highest BCUT2D eigenvalue weighted by molar-refractivity contribution is 5.93. The molecule has 2 N–H and O–H groups in total. The standard InChI is InChI=1S/C30H41N5O2/c1-20-18-34(25-9-7-21(8-10-25)19-33(2)3)11-12-35(20)27-6-4-5-26(31-27)29(36)32-28-23-13-22-14-24(28)17-30(37,15-22)16-23/h4-10,20,22-24,28,37H,11-19H2,1-3H3,(H,32,36). The molecule has 1 aromatic heterocycles. The second-order valence-corrected chi connectivity index (χ2v) is 12.5. The second-order valence-electron chi connectivity index (χ2n) is 12.5. The molecule has 3 unspecified atom stereocenters. The molecule has 1 aromatic carbocycles. The third-order valence-electron chi connectivity index (χ3n) is 9.23. The van der Waals surface area contributed by atoms with Crippen molar-refractivity contribution in [2.45, 2.75) is 63.3 Å². The molecule has 0 spiro atoms. The smallest absolute Gasteiger partial charge is 0.270 e. The van der Waals surface area contributed by atoms with E-state index in [4.69, 9.17) is 4.98 Å². The molecule has 5 fully saturated rings. The van der Waals surface area contributed by atoms with Crippen LogP contribution in [0.5, 0.6) is 0 Å². The molecule has 4 bridgehead atoms. The van der Waals surface area contributed by atoms with E-state index in [1.807, 2.05) is 18.2 Å². The summed E-state index contributed by atoms with van der Waals surface area (Å²) in [5, 5.41) is 14.2. The van der Waals surface area contributed by atoms with Crippen LogP contribution in [0.4, 0.5) is 11.5 Å². The predicted molar refractivity (Wildman–Crippen MR) is 147 cm³/mol. The number of carbonyl (C=O) groups is 1. The second kappa shape index (κ2) is 9.59. The lowest BCUT2D eigenvalue weighted by Gasteiger charge is -2.58. The number of nitrogens with zero attached hydrogens (tertiary/aromatic N) is 4. The molecule has 4 saturated carbocycles. The number of rotatable bonds is 6. The van der Waals surface area contributed by atoms with Crippen molar-refractivity contribution in [1.29, 1.82) is 0 Å². The molecular formula is C30H41N5O2. The van der Waals surface area contributed by atoms with E-state index in [0.717, 1.165) is 64.1 Å². The maximum absolute atomic E-state index is 13.3. The molecule has 1 saturated heterocycles. The van der Waals surface area contributed by atoms with Gasteiger partial charge < -0.3 is 25.1 Å². The molecule has 2 heterocycles. The molecule has 7 nitrogen and oxygen atoms in total. The highest BCUT2D eigenvalue weighted by Gasteiger charge is 2.55. The van der Waals surface area contributed by atoms with E-state index in [1.54, 1.807) is 0 Å². The predicted octanol–water partition coefficient (Wildman–Crippen LogP) is 3.53. The number of piperazine rings is 1. The van der Waals surface area contributed by atoms with Crippen LogP contribution in [0.1, 0.15) is 55.1 Å². The quantitative estimate of drug-likeness (QED) is 0.629. The molecule has 7 rings (SSSR count). The van der Waals surface area contributed by atoms with Crippen LogP contribution < -0.4 is 15.1 Å². The minimum absolute atomic E-state index is 0.0737. The van der Waals surface area contributed by atoms with Crippen molar-refractivity contribution in [3.05, 3.63) is 53.7 Å². The van der Waals surface area contributed by atoms with E-state index in [1.165, 1.54) is 11.3 Å². The van der Waals surface area contributed by atoms with E-state index < -0.39 is 5.60 Å². The molecule has 5 aliphatic rings. The van der Waals surface area contributed by atoms with Gasteiger partial charge in [-0.3, -0.25) is 4.79 Å². The Balaban J connectivity index is 1.09. The highest BCUT2D eigenvalue weighted by atomic mass is 16.3. The Labute approximate surface area is 220 Å². The largest absolute Gasteiger partial charge is 0.390 e. The number of nitrogens with one attached hydrogen (secondary N) is 1. The van der Waals surface area contributed by atoms with Crippen LogP contribution >= 0.6 is 0 Å². The van der Waals surface area contributed by atoms with Gasteiger partial charge in [0.25, 0.3) is 5.91 Å². The van der Waals surface area contributed by atoms with E-state index >= 15 is 0 Å². The molecule has 37 heavy (non-hydrogen) atoms. The van der Waals surface area contributed by atoms with Crippen molar-refractivity contribution >= 4 is 17.4 Å². The van der Waals surface area contributed by atoms with Gasteiger partial charge in [0.1, 0.15) is 11.5 Å². The van der Waals surface area contributed by atoms with Gasteiger partial charge >= 0.3 is 0 Å². The zero-order valence-corrected chi connectivity index (χ0v) is 22.4. The van der Waals surface area contributed by atoms with Crippen molar-refractivity contribution in [3.63, 3.8) is 0 Å². The van der Waals surface area contributed by atoms with E-state index in [-0.39, 0.29) is 18.0 Å². The number of benzene rings is 1. The van der Waals surface area contributed by atoms with E-state index in [9.17, 15) is 9.90 Å². The summed E-state index contributed by atoms with van der Waals surface area (Å²) in [5.74, 6) is 2.23. The molecule has 4 aliphatic carbocycles. The summed E-state index contributed by atoms with van der Waals surface area (Å²) >= 11 is 0. The average Bonchev–Trinajstić information content (AvgIpc) is 2.85. The summed E-state index contributed by atoms with van der Waals surface area (Å²) in [7, 11) is 4.19. The topological polar surface area (TPSA) is 71.9 Å². The maximum atomic E-state index is 13.3. The number of amides is 1. The average molecular weight is 504 g/mol. The fourth-order valence-electron chi connectivity index (χ4n) is 7.86. The van der Waals surface area contributed by atoms with Crippen molar-refractivity contribution < 1.29 is 9.90 Å². The Kier molecular flexibility index (Phi) is 6.40. The fraction of sp³-hybridized carbons (Fsp3) is 0.600. The van der Waals surface area contributed by atoms with Crippen LogP contribution in [0.15, 0.2) is 42.5 Å². The summed E-state index contributed by atoms with van der Waals surface area (Å²) in [6, 6.07) is 15.2. The number of carbonyl (C=O) groups excluding carboxylic acids is 1. The molecule has 0 radical (unpaired) electrons. The first-order valence-electron chi connectivity index (χ1n) is 14.0. The number of pyridine rings is 1. The molecule has 1 aliphatic heterocycles. The first-order chi connectivity index (χ1) is 17.8. The van der Waals surface area contributed by atoms with Crippen LogP contribution in [0.2, 0.25) is 0 Å². The van der Waals surface area contributed by atoms with Crippen molar-refractivity contribution in [3.8, 4) is 0 Å². The van der Waals surface area contributed by atoms with Gasteiger partial charge in [-0.05, 0) is 101 Å². The number of aliphatic hydroxyl groups is 1. The van der Waals surface area contributed by atoms with Gasteiger partial charge in [-0.25, -0.2) is 4.98 Å². The lowest BCUT2D eigenvalue weighted by Crippen LogP contribution is -2.61. The molecular weight excluding hydrogens is 462 g/mol. The lowest BCUT2D eigenvalue weighted by atomic mass is 9.52. The molecule has 3 atom stereocenters.